The van der Waals surface area contributed by atoms with E-state index in [1.54, 1.807) is 14.2 Å². The van der Waals surface area contributed by atoms with E-state index in [9.17, 15) is 8.78 Å². The van der Waals surface area contributed by atoms with Crippen LogP contribution in [0.3, 0.4) is 0 Å². The van der Waals surface area contributed by atoms with Crippen LogP contribution in [-0.4, -0.2) is 89.4 Å². The van der Waals surface area contributed by atoms with Gasteiger partial charge in [-0.2, -0.15) is 0 Å². The van der Waals surface area contributed by atoms with Gasteiger partial charge in [-0.1, -0.05) is 0 Å². The first kappa shape index (κ1) is 20.4. The Balaban J connectivity index is 1.81. The van der Waals surface area contributed by atoms with E-state index in [2.05, 4.69) is 27.2 Å². The zero-order valence-electron chi connectivity index (χ0n) is 15.8. The fourth-order valence-electron chi connectivity index (χ4n) is 2.94. The number of piperazine rings is 1. The van der Waals surface area contributed by atoms with Gasteiger partial charge >= 0.3 is 0 Å². The molecule has 0 aliphatic carbocycles. The van der Waals surface area contributed by atoms with Crippen LogP contribution in [0.1, 0.15) is 0 Å². The van der Waals surface area contributed by atoms with E-state index in [1.165, 1.54) is 12.1 Å². The molecule has 0 radical (unpaired) electrons. The quantitative estimate of drug-likeness (QED) is 0.579. The first-order valence-electron chi connectivity index (χ1n) is 8.88. The molecule has 1 heterocycles. The number of methoxy groups -OCH3 is 1. The SMILES string of the molecule is CN=C(NCCN(C)CCOC)N1CCN(c2cc(F)ccc2F)CC1. The number of nitrogens with one attached hydrogen (secondary N) is 1. The predicted octanol–water partition coefficient (Wildman–Crippen LogP) is 1.24. The van der Waals surface area contributed by atoms with E-state index in [0.29, 0.717) is 38.5 Å². The summed E-state index contributed by atoms with van der Waals surface area (Å²) in [5, 5.41) is 3.36. The third kappa shape index (κ3) is 5.81. The van der Waals surface area contributed by atoms with Crippen molar-refractivity contribution < 1.29 is 13.5 Å². The van der Waals surface area contributed by atoms with Gasteiger partial charge in [0.2, 0.25) is 0 Å². The van der Waals surface area contributed by atoms with Gasteiger partial charge in [0.05, 0.1) is 12.3 Å². The predicted molar refractivity (Wildman–Crippen MR) is 101 cm³/mol. The summed E-state index contributed by atoms with van der Waals surface area (Å²) in [7, 11) is 5.51. The number of anilines is 1. The zero-order valence-corrected chi connectivity index (χ0v) is 15.8. The summed E-state index contributed by atoms with van der Waals surface area (Å²) in [4.78, 5) is 10.5. The van der Waals surface area contributed by atoms with Crippen molar-refractivity contribution in [1.82, 2.24) is 15.1 Å². The minimum atomic E-state index is -0.418. The molecule has 1 aliphatic rings. The van der Waals surface area contributed by atoms with Crippen molar-refractivity contribution in [2.45, 2.75) is 0 Å². The van der Waals surface area contributed by atoms with E-state index in [1.807, 2.05) is 4.90 Å². The number of nitrogens with zero attached hydrogens (tertiary/aromatic N) is 4. The molecule has 0 saturated carbocycles. The summed E-state index contributed by atoms with van der Waals surface area (Å²) >= 11 is 0. The maximum Gasteiger partial charge on any atom is 0.193 e. The molecule has 1 saturated heterocycles. The van der Waals surface area contributed by atoms with Crippen molar-refractivity contribution in [2.24, 2.45) is 4.99 Å². The first-order chi connectivity index (χ1) is 12.5. The fourth-order valence-corrected chi connectivity index (χ4v) is 2.94. The van der Waals surface area contributed by atoms with Crippen LogP contribution in [-0.2, 0) is 4.74 Å². The number of ether oxygens (including phenoxy) is 1. The molecule has 1 aromatic rings. The van der Waals surface area contributed by atoms with Gasteiger partial charge in [0.15, 0.2) is 5.96 Å². The van der Waals surface area contributed by atoms with Crippen molar-refractivity contribution in [3.05, 3.63) is 29.8 Å². The highest BCUT2D eigenvalue weighted by Crippen LogP contribution is 2.21. The summed E-state index contributed by atoms with van der Waals surface area (Å²) in [5.74, 6) is 0.0323. The Kier molecular flexibility index (Phi) is 8.06. The lowest BCUT2D eigenvalue weighted by molar-refractivity contribution is 0.162. The number of hydrogen-bond acceptors (Lipinski definition) is 4. The van der Waals surface area contributed by atoms with E-state index < -0.39 is 5.82 Å². The second-order valence-electron chi connectivity index (χ2n) is 6.34. The maximum absolute atomic E-state index is 13.9. The monoisotopic (exact) mass is 369 g/mol. The summed E-state index contributed by atoms with van der Waals surface area (Å²) in [6.07, 6.45) is 0. The van der Waals surface area contributed by atoms with Gasteiger partial charge in [0.25, 0.3) is 0 Å². The molecular weight excluding hydrogens is 340 g/mol. The van der Waals surface area contributed by atoms with Gasteiger partial charge in [0.1, 0.15) is 11.6 Å². The molecule has 0 atom stereocenters. The molecule has 1 aromatic carbocycles. The lowest BCUT2D eigenvalue weighted by Gasteiger charge is -2.37. The Morgan fingerprint density at radius 3 is 2.62 bits per heavy atom. The second-order valence-corrected chi connectivity index (χ2v) is 6.34. The maximum atomic E-state index is 13.9. The highest BCUT2D eigenvalue weighted by atomic mass is 19.1. The molecule has 0 aromatic heterocycles. The second kappa shape index (κ2) is 10.3. The fraction of sp³-hybridized carbons (Fsp3) is 0.611. The minimum Gasteiger partial charge on any atom is -0.383 e. The number of rotatable bonds is 7. The van der Waals surface area contributed by atoms with Crippen molar-refractivity contribution >= 4 is 11.6 Å². The molecule has 6 nitrogen and oxygen atoms in total. The lowest BCUT2D eigenvalue weighted by Crippen LogP contribution is -2.53. The standard InChI is InChI=1S/C18H29F2N5O/c1-21-18(22-6-7-23(2)12-13-26-3)25-10-8-24(9-11-25)17-14-15(19)4-5-16(17)20/h4-5,14H,6-13H2,1-3H3,(H,21,22). The highest BCUT2D eigenvalue weighted by molar-refractivity contribution is 5.80. The van der Waals surface area contributed by atoms with E-state index in [-0.39, 0.29) is 5.82 Å². The highest BCUT2D eigenvalue weighted by Gasteiger charge is 2.21. The van der Waals surface area contributed by atoms with Gasteiger partial charge in [0, 0.05) is 66.0 Å². The Bertz CT molecular complexity index is 591. The van der Waals surface area contributed by atoms with Crippen LogP contribution >= 0.6 is 0 Å². The number of likely N-dealkylation sites (N-methyl/N-ethyl adjacent to an activating group) is 1. The van der Waals surface area contributed by atoms with Gasteiger partial charge in [-0.25, -0.2) is 8.78 Å². The molecule has 1 N–H and O–H groups in total. The summed E-state index contributed by atoms with van der Waals surface area (Å²) in [5.41, 5.74) is 0.326. The molecule has 0 unspecified atom stereocenters. The Morgan fingerprint density at radius 2 is 1.96 bits per heavy atom. The molecule has 0 spiro atoms. The molecule has 0 amide bonds. The van der Waals surface area contributed by atoms with E-state index >= 15 is 0 Å². The molecule has 146 valence electrons. The topological polar surface area (TPSA) is 43.3 Å². The molecule has 1 aliphatic heterocycles. The molecule has 2 rings (SSSR count). The smallest absolute Gasteiger partial charge is 0.193 e. The van der Waals surface area contributed by atoms with Gasteiger partial charge < -0.3 is 24.8 Å². The number of guanidine groups is 1. The minimum absolute atomic E-state index is 0.326. The molecule has 1 fully saturated rings. The van der Waals surface area contributed by atoms with Crippen molar-refractivity contribution in [1.29, 1.82) is 0 Å². The number of benzene rings is 1. The normalized spacial score (nSPS) is 15.7. The first-order valence-corrected chi connectivity index (χ1v) is 8.88. The summed E-state index contributed by atoms with van der Waals surface area (Å²) in [6.45, 7) is 5.91. The van der Waals surface area contributed by atoms with Crippen LogP contribution in [0.15, 0.2) is 23.2 Å². The average molecular weight is 369 g/mol. The average Bonchev–Trinajstić information content (AvgIpc) is 2.66. The number of hydrogen-bond donors (Lipinski definition) is 1. The Hall–Kier alpha value is -1.93. The van der Waals surface area contributed by atoms with Crippen LogP contribution in [0.5, 0.6) is 0 Å². The van der Waals surface area contributed by atoms with Crippen LogP contribution in [0, 0.1) is 11.6 Å². The van der Waals surface area contributed by atoms with E-state index in [0.717, 1.165) is 31.7 Å². The van der Waals surface area contributed by atoms with Gasteiger partial charge in [-0.3, -0.25) is 4.99 Å². The molecule has 0 bridgehead atoms. The largest absolute Gasteiger partial charge is 0.383 e. The Morgan fingerprint density at radius 1 is 1.23 bits per heavy atom. The summed E-state index contributed by atoms with van der Waals surface area (Å²) in [6, 6.07) is 3.58. The zero-order chi connectivity index (χ0) is 18.9. The van der Waals surface area contributed by atoms with Crippen molar-refractivity contribution in [2.75, 3.05) is 78.5 Å². The lowest BCUT2D eigenvalue weighted by atomic mass is 10.2. The van der Waals surface area contributed by atoms with Gasteiger partial charge in [-0.05, 0) is 19.2 Å². The summed E-state index contributed by atoms with van der Waals surface area (Å²) < 4.78 is 32.4. The Labute approximate surface area is 154 Å². The number of halogens is 2. The molecule has 26 heavy (non-hydrogen) atoms. The van der Waals surface area contributed by atoms with Gasteiger partial charge in [-0.15, -0.1) is 0 Å². The molecular formula is C18H29F2N5O. The third-order valence-corrected chi connectivity index (χ3v) is 4.49. The molecule has 8 heteroatoms. The van der Waals surface area contributed by atoms with Crippen LogP contribution in [0.25, 0.3) is 0 Å². The van der Waals surface area contributed by atoms with E-state index in [4.69, 9.17) is 4.74 Å². The third-order valence-electron chi connectivity index (χ3n) is 4.49. The van der Waals surface area contributed by atoms with Crippen LogP contribution in [0.4, 0.5) is 14.5 Å². The van der Waals surface area contributed by atoms with Crippen molar-refractivity contribution in [3.63, 3.8) is 0 Å². The van der Waals surface area contributed by atoms with Crippen LogP contribution in [0.2, 0.25) is 0 Å². The van der Waals surface area contributed by atoms with Crippen LogP contribution < -0.4 is 10.2 Å². The number of aliphatic imine (C=N–C) groups is 1. The van der Waals surface area contributed by atoms with Crippen molar-refractivity contribution in [3.8, 4) is 0 Å².